The van der Waals surface area contributed by atoms with E-state index in [0.29, 0.717) is 0 Å². The van der Waals surface area contributed by atoms with Gasteiger partial charge < -0.3 is 4.74 Å². The van der Waals surface area contributed by atoms with Crippen LogP contribution in [0.25, 0.3) is 0 Å². The van der Waals surface area contributed by atoms with Crippen LogP contribution in [-0.4, -0.2) is 10.6 Å². The van der Waals surface area contributed by atoms with Crippen molar-refractivity contribution in [2.75, 3.05) is 0 Å². The Hall–Kier alpha value is -1.05. The molecule has 1 aromatic rings. The Morgan fingerprint density at radius 3 is 2.14 bits per heavy atom. The molecule has 0 radical (unpaired) electrons. The van der Waals surface area contributed by atoms with Crippen molar-refractivity contribution in [2.45, 2.75) is 91.1 Å². The minimum absolute atomic E-state index is 0.176. The monoisotopic (exact) mass is 291 g/mol. The maximum absolute atomic E-state index is 5.81. The third-order valence-corrected chi connectivity index (χ3v) is 3.48. The Bertz CT molecular complexity index is 381. The second kappa shape index (κ2) is 9.81. The van der Waals surface area contributed by atoms with Gasteiger partial charge in [-0.2, -0.15) is 0 Å². The molecule has 0 N–H and O–H groups in total. The largest absolute Gasteiger partial charge is 0.472 e. The predicted molar refractivity (Wildman–Crippen MR) is 90.9 cm³/mol. The summed E-state index contributed by atoms with van der Waals surface area (Å²) >= 11 is 0. The highest BCUT2D eigenvalue weighted by Crippen LogP contribution is 2.17. The zero-order valence-corrected chi connectivity index (χ0v) is 14.5. The summed E-state index contributed by atoms with van der Waals surface area (Å²) in [5.41, 5.74) is 0.979. The fraction of sp³-hybridized carbons (Fsp3) is 0.737. The van der Waals surface area contributed by atoms with E-state index in [9.17, 15) is 0 Å². The van der Waals surface area contributed by atoms with Crippen LogP contribution in [0.4, 0.5) is 0 Å². The lowest BCUT2D eigenvalue weighted by Crippen LogP contribution is -2.23. The van der Waals surface area contributed by atoms with Crippen molar-refractivity contribution in [3.63, 3.8) is 0 Å². The van der Waals surface area contributed by atoms with Crippen LogP contribution < -0.4 is 4.74 Å². The number of ether oxygens (including phenoxy) is 1. The minimum atomic E-state index is -0.176. The molecule has 1 aromatic heterocycles. The Labute approximate surface area is 131 Å². The molecule has 1 rings (SSSR count). The predicted octanol–water partition coefficient (Wildman–Crippen LogP) is 5.94. The lowest BCUT2D eigenvalue weighted by molar-refractivity contribution is 0.124. The summed E-state index contributed by atoms with van der Waals surface area (Å²) in [6.45, 7) is 8.43. The van der Waals surface area contributed by atoms with E-state index < -0.39 is 0 Å². The van der Waals surface area contributed by atoms with E-state index in [1.165, 1.54) is 51.4 Å². The second-order valence-corrected chi connectivity index (χ2v) is 6.91. The van der Waals surface area contributed by atoms with Gasteiger partial charge in [-0.15, -0.1) is 0 Å². The zero-order chi connectivity index (χ0) is 15.6. The maximum Gasteiger partial charge on any atom is 0.213 e. The molecule has 0 spiro atoms. The molecule has 0 amide bonds. The average molecular weight is 291 g/mol. The van der Waals surface area contributed by atoms with E-state index in [4.69, 9.17) is 4.74 Å². The van der Waals surface area contributed by atoms with Crippen molar-refractivity contribution in [1.29, 1.82) is 0 Å². The van der Waals surface area contributed by atoms with Gasteiger partial charge in [0.25, 0.3) is 0 Å². The summed E-state index contributed by atoms with van der Waals surface area (Å²) < 4.78 is 5.81. The minimum Gasteiger partial charge on any atom is -0.472 e. The molecule has 0 aliphatic heterocycles. The summed E-state index contributed by atoms with van der Waals surface area (Å²) in [5.74, 6) is 0.750. The summed E-state index contributed by atoms with van der Waals surface area (Å²) in [7, 11) is 0. The SMILES string of the molecule is CCCCCCCCCCc1cccc(OC(C)(C)C)n1. The van der Waals surface area contributed by atoms with Crippen molar-refractivity contribution < 1.29 is 4.74 Å². The van der Waals surface area contributed by atoms with Gasteiger partial charge in [-0.25, -0.2) is 4.98 Å². The van der Waals surface area contributed by atoms with Gasteiger partial charge in [0, 0.05) is 11.8 Å². The fourth-order valence-corrected chi connectivity index (χ4v) is 2.41. The Balaban J connectivity index is 2.19. The molecular formula is C19H33NO. The van der Waals surface area contributed by atoms with Crippen molar-refractivity contribution in [1.82, 2.24) is 4.98 Å². The van der Waals surface area contributed by atoms with Gasteiger partial charge in [0.05, 0.1) is 0 Å². The first-order valence-electron chi connectivity index (χ1n) is 8.66. The van der Waals surface area contributed by atoms with E-state index >= 15 is 0 Å². The standard InChI is InChI=1S/C19H33NO/c1-5-6-7-8-9-10-11-12-14-17-15-13-16-18(20-17)21-19(2,3)4/h13,15-16H,5-12,14H2,1-4H3. The van der Waals surface area contributed by atoms with Crippen LogP contribution in [0.3, 0.4) is 0 Å². The van der Waals surface area contributed by atoms with E-state index in [0.717, 1.165) is 18.0 Å². The molecule has 1 heterocycles. The highest BCUT2D eigenvalue weighted by atomic mass is 16.5. The normalized spacial score (nSPS) is 11.6. The van der Waals surface area contributed by atoms with E-state index in [1.54, 1.807) is 0 Å². The first kappa shape index (κ1) is 18.0. The average Bonchev–Trinajstić information content (AvgIpc) is 2.40. The van der Waals surface area contributed by atoms with Crippen LogP contribution in [-0.2, 0) is 6.42 Å². The molecule has 0 unspecified atom stereocenters. The van der Waals surface area contributed by atoms with Gasteiger partial charge in [0.15, 0.2) is 0 Å². The Morgan fingerprint density at radius 1 is 0.905 bits per heavy atom. The van der Waals surface area contributed by atoms with Crippen LogP contribution in [0.2, 0.25) is 0 Å². The number of unbranched alkanes of at least 4 members (excludes halogenated alkanes) is 7. The topological polar surface area (TPSA) is 22.1 Å². The first-order valence-corrected chi connectivity index (χ1v) is 8.66. The van der Waals surface area contributed by atoms with Gasteiger partial charge in [-0.05, 0) is 39.7 Å². The third-order valence-electron chi connectivity index (χ3n) is 3.48. The number of aryl methyl sites for hydroxylation is 1. The van der Waals surface area contributed by atoms with E-state index in [-0.39, 0.29) is 5.60 Å². The zero-order valence-electron chi connectivity index (χ0n) is 14.5. The molecular weight excluding hydrogens is 258 g/mol. The Kier molecular flexibility index (Phi) is 8.41. The number of aromatic nitrogens is 1. The fourth-order valence-electron chi connectivity index (χ4n) is 2.41. The lowest BCUT2D eigenvalue weighted by Gasteiger charge is -2.20. The molecule has 0 aliphatic carbocycles. The highest BCUT2D eigenvalue weighted by molar-refractivity contribution is 5.16. The third kappa shape index (κ3) is 9.49. The molecule has 0 aliphatic rings. The quantitative estimate of drug-likeness (QED) is 0.497. The summed E-state index contributed by atoms with van der Waals surface area (Å²) in [6, 6.07) is 6.10. The van der Waals surface area contributed by atoms with Crippen LogP contribution in [0, 0.1) is 0 Å². The van der Waals surface area contributed by atoms with Gasteiger partial charge in [0.1, 0.15) is 5.60 Å². The molecule has 0 atom stereocenters. The van der Waals surface area contributed by atoms with Crippen LogP contribution in [0.5, 0.6) is 5.88 Å². The summed E-state index contributed by atoms with van der Waals surface area (Å²) in [5, 5.41) is 0. The first-order chi connectivity index (χ1) is 10.0. The highest BCUT2D eigenvalue weighted by Gasteiger charge is 2.12. The summed E-state index contributed by atoms with van der Waals surface area (Å²) in [4.78, 5) is 4.59. The van der Waals surface area contributed by atoms with Crippen LogP contribution in [0.15, 0.2) is 18.2 Å². The van der Waals surface area contributed by atoms with Crippen LogP contribution >= 0.6 is 0 Å². The molecule has 21 heavy (non-hydrogen) atoms. The molecule has 2 heteroatoms. The smallest absolute Gasteiger partial charge is 0.213 e. The Morgan fingerprint density at radius 2 is 1.52 bits per heavy atom. The molecule has 2 nitrogen and oxygen atoms in total. The van der Waals surface area contributed by atoms with E-state index in [1.807, 2.05) is 12.1 Å². The summed E-state index contributed by atoms with van der Waals surface area (Å²) in [6.07, 6.45) is 11.9. The van der Waals surface area contributed by atoms with Gasteiger partial charge in [0.2, 0.25) is 5.88 Å². The number of hydrogen-bond donors (Lipinski definition) is 0. The number of hydrogen-bond acceptors (Lipinski definition) is 2. The van der Waals surface area contributed by atoms with Gasteiger partial charge in [-0.1, -0.05) is 57.9 Å². The van der Waals surface area contributed by atoms with Crippen LogP contribution in [0.1, 0.15) is 84.8 Å². The van der Waals surface area contributed by atoms with Crippen molar-refractivity contribution >= 4 is 0 Å². The van der Waals surface area contributed by atoms with Crippen molar-refractivity contribution in [2.24, 2.45) is 0 Å². The lowest BCUT2D eigenvalue weighted by atomic mass is 10.1. The maximum atomic E-state index is 5.81. The molecule has 0 saturated carbocycles. The second-order valence-electron chi connectivity index (χ2n) is 6.91. The van der Waals surface area contributed by atoms with E-state index in [2.05, 4.69) is 38.7 Å². The molecule has 0 saturated heterocycles. The molecule has 120 valence electrons. The number of pyridine rings is 1. The molecule has 0 fully saturated rings. The number of nitrogens with zero attached hydrogens (tertiary/aromatic N) is 1. The number of rotatable bonds is 10. The van der Waals surface area contributed by atoms with Crippen molar-refractivity contribution in [3.05, 3.63) is 23.9 Å². The van der Waals surface area contributed by atoms with Crippen molar-refractivity contribution in [3.8, 4) is 5.88 Å². The molecule has 0 aromatic carbocycles. The molecule has 0 bridgehead atoms. The van der Waals surface area contributed by atoms with Gasteiger partial charge in [-0.3, -0.25) is 0 Å². The van der Waals surface area contributed by atoms with Gasteiger partial charge >= 0.3 is 0 Å².